The van der Waals surface area contributed by atoms with Crippen LogP contribution in [0.5, 0.6) is 0 Å². The Kier molecular flexibility index (Phi) is 7.84. The van der Waals surface area contributed by atoms with Gasteiger partial charge in [0.05, 0.1) is 11.1 Å². The molecule has 0 saturated heterocycles. The second kappa shape index (κ2) is 9.91. The van der Waals surface area contributed by atoms with E-state index < -0.39 is 30.4 Å². The fraction of sp³-hybridized carbons (Fsp3) is 0.524. The molecule has 0 fully saturated rings. The molecule has 1 aromatic carbocycles. The first-order chi connectivity index (χ1) is 13.7. The SMILES string of the molecule is CSCC[C@@H](C(=O)OCC(=O)N(C(C)C)C(C)C)N1C(=O)c2ccccc2C1=O. The van der Waals surface area contributed by atoms with Crippen LogP contribution in [0.2, 0.25) is 0 Å². The average Bonchev–Trinajstić information content (AvgIpc) is 2.91. The topological polar surface area (TPSA) is 84.0 Å². The zero-order valence-electron chi connectivity index (χ0n) is 17.5. The molecule has 0 unspecified atom stereocenters. The van der Waals surface area contributed by atoms with Gasteiger partial charge >= 0.3 is 5.97 Å². The molecule has 1 aliphatic heterocycles. The third-order valence-electron chi connectivity index (χ3n) is 4.74. The highest BCUT2D eigenvalue weighted by Gasteiger charge is 2.43. The van der Waals surface area contributed by atoms with Gasteiger partial charge in [-0.1, -0.05) is 12.1 Å². The van der Waals surface area contributed by atoms with Crippen molar-refractivity contribution < 1.29 is 23.9 Å². The van der Waals surface area contributed by atoms with Gasteiger partial charge in [-0.05, 0) is 58.3 Å². The standard InChI is InChI=1S/C21H28N2O5S/c1-13(2)22(14(3)4)18(24)12-28-21(27)17(10-11-29-5)23-19(25)15-8-6-7-9-16(15)20(23)26/h6-9,13-14,17H,10-12H2,1-5H3/t17-/m0/s1. The highest BCUT2D eigenvalue weighted by atomic mass is 32.2. The maximum Gasteiger partial charge on any atom is 0.329 e. The fourth-order valence-corrected chi connectivity index (χ4v) is 4.01. The third kappa shape index (κ3) is 4.98. The van der Waals surface area contributed by atoms with Crippen molar-refractivity contribution in [3.8, 4) is 0 Å². The molecule has 0 aromatic heterocycles. The summed E-state index contributed by atoms with van der Waals surface area (Å²) in [7, 11) is 0. The normalized spacial score (nSPS) is 14.4. The third-order valence-corrected chi connectivity index (χ3v) is 5.39. The van der Waals surface area contributed by atoms with Crippen molar-refractivity contribution in [2.45, 2.75) is 52.2 Å². The molecule has 0 saturated carbocycles. The molecular formula is C21H28N2O5S. The Hall–Kier alpha value is -2.35. The Balaban J connectivity index is 2.16. The molecule has 29 heavy (non-hydrogen) atoms. The summed E-state index contributed by atoms with van der Waals surface area (Å²) in [4.78, 5) is 53.4. The summed E-state index contributed by atoms with van der Waals surface area (Å²) in [5.41, 5.74) is 0.558. The summed E-state index contributed by atoms with van der Waals surface area (Å²) < 4.78 is 5.27. The maximum absolute atomic E-state index is 12.8. The lowest BCUT2D eigenvalue weighted by atomic mass is 10.1. The van der Waals surface area contributed by atoms with E-state index in [-0.39, 0.29) is 35.5 Å². The molecule has 8 heteroatoms. The minimum atomic E-state index is -1.06. The Morgan fingerprint density at radius 1 is 1.03 bits per heavy atom. The molecule has 3 amide bonds. The zero-order valence-corrected chi connectivity index (χ0v) is 18.3. The number of carbonyl (C=O) groups excluding carboxylic acids is 4. The Morgan fingerprint density at radius 3 is 2.00 bits per heavy atom. The number of imide groups is 1. The van der Waals surface area contributed by atoms with E-state index in [1.54, 1.807) is 29.2 Å². The lowest BCUT2D eigenvalue weighted by molar-refractivity contribution is -0.156. The van der Waals surface area contributed by atoms with Gasteiger partial charge < -0.3 is 9.64 Å². The van der Waals surface area contributed by atoms with E-state index in [9.17, 15) is 19.2 Å². The number of rotatable bonds is 9. The molecule has 1 atom stereocenters. The van der Waals surface area contributed by atoms with E-state index in [4.69, 9.17) is 4.74 Å². The molecule has 0 aliphatic carbocycles. The van der Waals surface area contributed by atoms with E-state index in [2.05, 4.69) is 0 Å². The second-order valence-electron chi connectivity index (χ2n) is 7.42. The molecule has 7 nitrogen and oxygen atoms in total. The number of fused-ring (bicyclic) bond motifs is 1. The number of ether oxygens (including phenoxy) is 1. The minimum absolute atomic E-state index is 0.0373. The van der Waals surface area contributed by atoms with Gasteiger partial charge in [0.25, 0.3) is 17.7 Å². The monoisotopic (exact) mass is 420 g/mol. The number of carbonyl (C=O) groups is 4. The van der Waals surface area contributed by atoms with Gasteiger partial charge in [-0.25, -0.2) is 4.79 Å². The minimum Gasteiger partial charge on any atom is -0.454 e. The highest BCUT2D eigenvalue weighted by Crippen LogP contribution is 2.26. The smallest absolute Gasteiger partial charge is 0.329 e. The first-order valence-corrected chi connectivity index (χ1v) is 11.0. The Bertz CT molecular complexity index is 750. The first kappa shape index (κ1) is 22.9. The summed E-state index contributed by atoms with van der Waals surface area (Å²) in [5.74, 6) is -1.51. The number of thioether (sulfide) groups is 1. The van der Waals surface area contributed by atoms with Crippen LogP contribution in [0.1, 0.15) is 54.8 Å². The lowest BCUT2D eigenvalue weighted by Gasteiger charge is -2.31. The van der Waals surface area contributed by atoms with Gasteiger partial charge in [0.1, 0.15) is 6.04 Å². The van der Waals surface area contributed by atoms with Crippen LogP contribution in [-0.4, -0.2) is 70.2 Å². The first-order valence-electron chi connectivity index (χ1n) is 9.64. The number of hydrogen-bond acceptors (Lipinski definition) is 6. The molecule has 0 radical (unpaired) electrons. The molecular weight excluding hydrogens is 392 g/mol. The van der Waals surface area contributed by atoms with Crippen molar-refractivity contribution >= 4 is 35.5 Å². The molecule has 2 rings (SSSR count). The molecule has 1 heterocycles. The van der Waals surface area contributed by atoms with Gasteiger partial charge in [0, 0.05) is 12.1 Å². The van der Waals surface area contributed by atoms with Crippen molar-refractivity contribution in [2.75, 3.05) is 18.6 Å². The van der Waals surface area contributed by atoms with Crippen molar-refractivity contribution in [3.05, 3.63) is 35.4 Å². The van der Waals surface area contributed by atoms with Crippen LogP contribution in [0.25, 0.3) is 0 Å². The molecule has 0 N–H and O–H groups in total. The molecule has 158 valence electrons. The van der Waals surface area contributed by atoms with Crippen LogP contribution >= 0.6 is 11.8 Å². The van der Waals surface area contributed by atoms with Crippen molar-refractivity contribution in [3.63, 3.8) is 0 Å². The molecule has 0 spiro atoms. The second-order valence-corrected chi connectivity index (χ2v) is 8.40. The van der Waals surface area contributed by atoms with Crippen LogP contribution in [-0.2, 0) is 14.3 Å². The van der Waals surface area contributed by atoms with Gasteiger partial charge in [-0.15, -0.1) is 0 Å². The lowest BCUT2D eigenvalue weighted by Crippen LogP contribution is -2.48. The number of hydrogen-bond donors (Lipinski definition) is 0. The van der Waals surface area contributed by atoms with Crippen LogP contribution in [0, 0.1) is 0 Å². The van der Waals surface area contributed by atoms with Crippen molar-refractivity contribution in [2.24, 2.45) is 0 Å². The van der Waals surface area contributed by atoms with Gasteiger partial charge in [0.15, 0.2) is 6.61 Å². The van der Waals surface area contributed by atoms with Crippen LogP contribution in [0.4, 0.5) is 0 Å². The largest absolute Gasteiger partial charge is 0.454 e. The van der Waals surface area contributed by atoms with E-state index in [1.165, 1.54) is 11.8 Å². The summed E-state index contributed by atoms with van der Waals surface area (Å²) in [5, 5.41) is 0. The number of esters is 1. The van der Waals surface area contributed by atoms with Gasteiger partial charge in [0.2, 0.25) is 0 Å². The number of amides is 3. The zero-order chi connectivity index (χ0) is 21.7. The highest BCUT2D eigenvalue weighted by molar-refractivity contribution is 7.98. The molecule has 1 aromatic rings. The van der Waals surface area contributed by atoms with Crippen molar-refractivity contribution in [1.29, 1.82) is 0 Å². The van der Waals surface area contributed by atoms with Gasteiger partial charge in [-0.2, -0.15) is 11.8 Å². The predicted molar refractivity (Wildman–Crippen MR) is 112 cm³/mol. The summed E-state index contributed by atoms with van der Waals surface area (Å²) in [6, 6.07) is 5.35. The van der Waals surface area contributed by atoms with E-state index in [0.29, 0.717) is 5.75 Å². The Morgan fingerprint density at radius 2 is 1.55 bits per heavy atom. The van der Waals surface area contributed by atoms with Crippen LogP contribution in [0.3, 0.4) is 0 Å². The number of nitrogens with zero attached hydrogens (tertiary/aromatic N) is 2. The summed E-state index contributed by atoms with van der Waals surface area (Å²) in [6.45, 7) is 7.13. The quantitative estimate of drug-likeness (QED) is 0.451. The predicted octanol–water partition coefficient (Wildman–Crippen LogP) is 2.59. The summed E-state index contributed by atoms with van der Waals surface area (Å²) >= 11 is 1.50. The van der Waals surface area contributed by atoms with Crippen LogP contribution in [0.15, 0.2) is 24.3 Å². The average molecular weight is 421 g/mol. The molecule has 1 aliphatic rings. The maximum atomic E-state index is 12.8. The molecule has 0 bridgehead atoms. The number of benzene rings is 1. The Labute approximate surface area is 175 Å². The van der Waals surface area contributed by atoms with Crippen molar-refractivity contribution in [1.82, 2.24) is 9.80 Å². The van der Waals surface area contributed by atoms with E-state index in [1.807, 2.05) is 34.0 Å². The van der Waals surface area contributed by atoms with Crippen LogP contribution < -0.4 is 0 Å². The fourth-order valence-electron chi connectivity index (χ4n) is 3.55. The van der Waals surface area contributed by atoms with E-state index in [0.717, 1.165) is 4.90 Å². The summed E-state index contributed by atoms with van der Waals surface area (Å²) in [6.07, 6.45) is 2.13. The van der Waals surface area contributed by atoms with E-state index >= 15 is 0 Å². The van der Waals surface area contributed by atoms with Gasteiger partial charge in [-0.3, -0.25) is 19.3 Å².